The fraction of sp³-hybridized carbons (Fsp3) is 0.833. The van der Waals surface area contributed by atoms with Crippen molar-refractivity contribution in [2.24, 2.45) is 5.73 Å². The first-order chi connectivity index (χ1) is 4.24. The summed E-state index contributed by atoms with van der Waals surface area (Å²) >= 11 is 0. The topological polar surface area (TPSA) is 46.3 Å². The Kier molecular flexibility index (Phi) is 1.83. The molecular formula is C6H12N2O. The monoisotopic (exact) mass is 128 g/mol. The summed E-state index contributed by atoms with van der Waals surface area (Å²) in [5.74, 6) is 0.178. The quantitative estimate of drug-likeness (QED) is 0.504. The summed E-state index contributed by atoms with van der Waals surface area (Å²) < 4.78 is 0. The summed E-state index contributed by atoms with van der Waals surface area (Å²) in [6, 6.07) is -0.218. The Balaban J connectivity index is 2.44. The van der Waals surface area contributed by atoms with Crippen LogP contribution in [-0.2, 0) is 4.79 Å². The highest BCUT2D eigenvalue weighted by Crippen LogP contribution is 2.01. The van der Waals surface area contributed by atoms with Gasteiger partial charge in [-0.3, -0.25) is 9.69 Å². The van der Waals surface area contributed by atoms with E-state index in [-0.39, 0.29) is 11.8 Å². The van der Waals surface area contributed by atoms with Gasteiger partial charge in [-0.15, -0.1) is 0 Å². The Labute approximate surface area is 54.8 Å². The van der Waals surface area contributed by atoms with Crippen molar-refractivity contribution in [2.45, 2.75) is 13.0 Å². The number of nitrogens with zero attached hydrogens (tertiary/aromatic N) is 1. The molecule has 1 aliphatic heterocycles. The van der Waals surface area contributed by atoms with Gasteiger partial charge in [-0.05, 0) is 6.54 Å². The van der Waals surface area contributed by atoms with E-state index in [1.165, 1.54) is 0 Å². The maximum Gasteiger partial charge on any atom is 0.164 e. The van der Waals surface area contributed by atoms with Crippen LogP contribution in [0, 0.1) is 0 Å². The molecule has 0 bridgehead atoms. The molecule has 0 aromatic carbocycles. The van der Waals surface area contributed by atoms with E-state index < -0.39 is 0 Å². The molecule has 0 aromatic rings. The first-order valence-electron chi connectivity index (χ1n) is 3.24. The van der Waals surface area contributed by atoms with Gasteiger partial charge in [-0.2, -0.15) is 0 Å². The van der Waals surface area contributed by atoms with Gasteiger partial charge in [-0.25, -0.2) is 0 Å². The normalized spacial score (nSPS) is 29.6. The molecule has 1 rings (SSSR count). The van der Waals surface area contributed by atoms with Crippen molar-refractivity contribution < 1.29 is 4.79 Å². The SMILES string of the molecule is CCN1CC(=O)C(N)C1. The molecule has 0 radical (unpaired) electrons. The summed E-state index contributed by atoms with van der Waals surface area (Å²) in [5, 5.41) is 0. The molecule has 1 atom stereocenters. The lowest BCUT2D eigenvalue weighted by Gasteiger charge is -2.08. The highest BCUT2D eigenvalue weighted by Gasteiger charge is 2.25. The third-order valence-electron chi connectivity index (χ3n) is 1.70. The number of hydrogen-bond acceptors (Lipinski definition) is 3. The van der Waals surface area contributed by atoms with E-state index in [0.717, 1.165) is 13.1 Å². The van der Waals surface area contributed by atoms with E-state index in [2.05, 4.69) is 0 Å². The Morgan fingerprint density at radius 3 is 2.78 bits per heavy atom. The van der Waals surface area contributed by atoms with Crippen LogP contribution in [0.2, 0.25) is 0 Å². The van der Waals surface area contributed by atoms with Crippen LogP contribution in [0.3, 0.4) is 0 Å². The molecular weight excluding hydrogens is 116 g/mol. The van der Waals surface area contributed by atoms with E-state index in [1.54, 1.807) is 0 Å². The van der Waals surface area contributed by atoms with Crippen LogP contribution in [0.5, 0.6) is 0 Å². The molecule has 52 valence electrons. The number of Topliss-reactive ketones (excluding diaryl/α,β-unsaturated/α-hetero) is 1. The van der Waals surface area contributed by atoms with Crippen LogP contribution in [0.4, 0.5) is 0 Å². The van der Waals surface area contributed by atoms with E-state index in [4.69, 9.17) is 5.73 Å². The highest BCUT2D eigenvalue weighted by molar-refractivity contribution is 5.87. The number of rotatable bonds is 1. The summed E-state index contributed by atoms with van der Waals surface area (Å²) in [6.45, 7) is 4.26. The summed E-state index contributed by atoms with van der Waals surface area (Å²) in [5.41, 5.74) is 5.45. The average molecular weight is 128 g/mol. The molecule has 0 spiro atoms. The van der Waals surface area contributed by atoms with Crippen molar-refractivity contribution >= 4 is 5.78 Å². The molecule has 2 N–H and O–H groups in total. The first-order valence-corrected chi connectivity index (χ1v) is 3.24. The Morgan fingerprint density at radius 2 is 2.56 bits per heavy atom. The predicted octanol–water partition coefficient (Wildman–Crippen LogP) is -0.782. The number of hydrogen-bond donors (Lipinski definition) is 1. The van der Waals surface area contributed by atoms with E-state index in [0.29, 0.717) is 6.54 Å². The Hall–Kier alpha value is -0.410. The molecule has 0 amide bonds. The predicted molar refractivity (Wildman–Crippen MR) is 35.1 cm³/mol. The smallest absolute Gasteiger partial charge is 0.164 e. The van der Waals surface area contributed by atoms with Gasteiger partial charge in [0.25, 0.3) is 0 Å². The van der Waals surface area contributed by atoms with Gasteiger partial charge in [0.15, 0.2) is 5.78 Å². The molecule has 0 aromatic heterocycles. The third kappa shape index (κ3) is 1.28. The largest absolute Gasteiger partial charge is 0.320 e. The van der Waals surface area contributed by atoms with Crippen LogP contribution >= 0.6 is 0 Å². The van der Waals surface area contributed by atoms with Crippen molar-refractivity contribution in [1.29, 1.82) is 0 Å². The zero-order chi connectivity index (χ0) is 6.85. The molecule has 0 saturated carbocycles. The molecule has 1 aliphatic rings. The maximum absolute atomic E-state index is 10.8. The minimum atomic E-state index is -0.218. The second-order valence-corrected chi connectivity index (χ2v) is 2.40. The van der Waals surface area contributed by atoms with Crippen molar-refractivity contribution in [3.63, 3.8) is 0 Å². The second kappa shape index (κ2) is 2.45. The molecule has 1 unspecified atom stereocenters. The molecule has 3 heteroatoms. The minimum Gasteiger partial charge on any atom is -0.320 e. The van der Waals surface area contributed by atoms with Gasteiger partial charge in [0, 0.05) is 6.54 Å². The number of nitrogens with two attached hydrogens (primary N) is 1. The molecule has 1 fully saturated rings. The number of carbonyl (C=O) groups is 1. The van der Waals surface area contributed by atoms with Crippen molar-refractivity contribution in [3.05, 3.63) is 0 Å². The Morgan fingerprint density at radius 1 is 1.89 bits per heavy atom. The minimum absolute atomic E-state index is 0.178. The van der Waals surface area contributed by atoms with Crippen LogP contribution in [-0.4, -0.2) is 36.4 Å². The molecule has 0 aliphatic carbocycles. The van der Waals surface area contributed by atoms with Gasteiger partial charge < -0.3 is 5.73 Å². The fourth-order valence-corrected chi connectivity index (χ4v) is 1.02. The lowest BCUT2D eigenvalue weighted by atomic mass is 10.3. The van der Waals surface area contributed by atoms with Gasteiger partial charge in [0.1, 0.15) is 0 Å². The number of ketones is 1. The summed E-state index contributed by atoms with van der Waals surface area (Å²) in [6.07, 6.45) is 0. The van der Waals surface area contributed by atoms with Gasteiger partial charge in [0.05, 0.1) is 12.6 Å². The molecule has 3 nitrogen and oxygen atoms in total. The summed E-state index contributed by atoms with van der Waals surface area (Å²) in [4.78, 5) is 12.8. The van der Waals surface area contributed by atoms with Gasteiger partial charge in [-0.1, -0.05) is 6.92 Å². The lowest BCUT2D eigenvalue weighted by molar-refractivity contribution is -0.117. The van der Waals surface area contributed by atoms with Crippen molar-refractivity contribution in [3.8, 4) is 0 Å². The third-order valence-corrected chi connectivity index (χ3v) is 1.70. The first kappa shape index (κ1) is 6.71. The maximum atomic E-state index is 10.8. The molecule has 1 heterocycles. The van der Waals surface area contributed by atoms with E-state index >= 15 is 0 Å². The van der Waals surface area contributed by atoms with Crippen LogP contribution in [0.15, 0.2) is 0 Å². The number of carbonyl (C=O) groups excluding carboxylic acids is 1. The van der Waals surface area contributed by atoms with Gasteiger partial charge >= 0.3 is 0 Å². The highest BCUT2D eigenvalue weighted by atomic mass is 16.1. The van der Waals surface area contributed by atoms with Crippen molar-refractivity contribution in [1.82, 2.24) is 4.90 Å². The van der Waals surface area contributed by atoms with E-state index in [1.807, 2.05) is 11.8 Å². The zero-order valence-electron chi connectivity index (χ0n) is 5.63. The average Bonchev–Trinajstić information content (AvgIpc) is 2.13. The van der Waals surface area contributed by atoms with Crippen LogP contribution in [0.1, 0.15) is 6.92 Å². The lowest BCUT2D eigenvalue weighted by Crippen LogP contribution is -2.29. The van der Waals surface area contributed by atoms with Gasteiger partial charge in [0.2, 0.25) is 0 Å². The standard InChI is InChI=1S/C6H12N2O/c1-2-8-3-5(7)6(9)4-8/h5H,2-4,7H2,1H3. The fourth-order valence-electron chi connectivity index (χ4n) is 1.02. The number of likely N-dealkylation sites (tertiary alicyclic amines) is 1. The molecule has 9 heavy (non-hydrogen) atoms. The van der Waals surface area contributed by atoms with E-state index in [9.17, 15) is 4.79 Å². The number of likely N-dealkylation sites (N-methyl/N-ethyl adjacent to an activating group) is 1. The van der Waals surface area contributed by atoms with Crippen molar-refractivity contribution in [2.75, 3.05) is 19.6 Å². The Bertz CT molecular complexity index is 124. The zero-order valence-corrected chi connectivity index (χ0v) is 5.63. The molecule has 1 saturated heterocycles. The second-order valence-electron chi connectivity index (χ2n) is 2.40. The summed E-state index contributed by atoms with van der Waals surface area (Å²) in [7, 11) is 0. The van der Waals surface area contributed by atoms with Crippen LogP contribution in [0.25, 0.3) is 0 Å². The van der Waals surface area contributed by atoms with Crippen LogP contribution < -0.4 is 5.73 Å².